The first-order valence-corrected chi connectivity index (χ1v) is 6.42. The fourth-order valence-corrected chi connectivity index (χ4v) is 2.87. The quantitative estimate of drug-likeness (QED) is 0.822. The second kappa shape index (κ2) is 4.86. The Hall–Kier alpha value is -1.05. The van der Waals surface area contributed by atoms with Gasteiger partial charge in [-0.1, -0.05) is 32.3 Å². The number of hydrogen-bond donors (Lipinski definition) is 1. The van der Waals surface area contributed by atoms with Gasteiger partial charge < -0.3 is 5.73 Å². The molecule has 2 rings (SSSR count). The number of aromatic nitrogens is 1. The standard InChI is InChI=1S/C14H22N2/c1-3-11-5-4-6-12(8-11)13-7-10(2)9-16-14(13)15/h7,9,11-12H,3-6,8H2,1-2H3,(H2,15,16). The molecule has 2 heteroatoms. The number of nitrogen functional groups attached to an aromatic ring is 1. The SMILES string of the molecule is CCC1CCCC(c2cc(C)cnc2N)C1. The van der Waals surface area contributed by atoms with Crippen LogP contribution in [0.3, 0.4) is 0 Å². The lowest BCUT2D eigenvalue weighted by Crippen LogP contribution is -2.15. The largest absolute Gasteiger partial charge is 0.383 e. The van der Waals surface area contributed by atoms with Gasteiger partial charge in [-0.2, -0.15) is 0 Å². The van der Waals surface area contributed by atoms with Gasteiger partial charge in [0.1, 0.15) is 5.82 Å². The fraction of sp³-hybridized carbons (Fsp3) is 0.643. The molecule has 1 aromatic heterocycles. The van der Waals surface area contributed by atoms with E-state index in [0.717, 1.165) is 11.7 Å². The van der Waals surface area contributed by atoms with Crippen molar-refractivity contribution in [1.29, 1.82) is 0 Å². The third-order valence-corrected chi connectivity index (χ3v) is 3.89. The van der Waals surface area contributed by atoms with Crippen molar-refractivity contribution in [3.05, 3.63) is 23.4 Å². The van der Waals surface area contributed by atoms with E-state index in [1.807, 2.05) is 6.20 Å². The lowest BCUT2D eigenvalue weighted by Gasteiger charge is -2.29. The lowest BCUT2D eigenvalue weighted by atomic mass is 9.77. The van der Waals surface area contributed by atoms with Crippen molar-refractivity contribution in [3.8, 4) is 0 Å². The highest BCUT2D eigenvalue weighted by Gasteiger charge is 2.23. The van der Waals surface area contributed by atoms with E-state index in [2.05, 4.69) is 24.9 Å². The van der Waals surface area contributed by atoms with Crippen molar-refractivity contribution in [3.63, 3.8) is 0 Å². The number of nitrogens with two attached hydrogens (primary N) is 1. The lowest BCUT2D eigenvalue weighted by molar-refractivity contribution is 0.314. The minimum Gasteiger partial charge on any atom is -0.383 e. The summed E-state index contributed by atoms with van der Waals surface area (Å²) in [5.41, 5.74) is 8.51. The van der Waals surface area contributed by atoms with E-state index in [9.17, 15) is 0 Å². The molecule has 0 aliphatic heterocycles. The van der Waals surface area contributed by atoms with Crippen LogP contribution in [0.25, 0.3) is 0 Å². The van der Waals surface area contributed by atoms with Crippen LogP contribution in [-0.4, -0.2) is 4.98 Å². The van der Waals surface area contributed by atoms with Crippen LogP contribution in [0.1, 0.15) is 56.1 Å². The second-order valence-corrected chi connectivity index (χ2v) is 5.12. The Labute approximate surface area is 98.3 Å². The van der Waals surface area contributed by atoms with Crippen molar-refractivity contribution in [2.75, 3.05) is 5.73 Å². The van der Waals surface area contributed by atoms with Crippen molar-refractivity contribution in [1.82, 2.24) is 4.98 Å². The van der Waals surface area contributed by atoms with E-state index in [1.165, 1.54) is 43.2 Å². The molecule has 0 aromatic carbocycles. The summed E-state index contributed by atoms with van der Waals surface area (Å²) >= 11 is 0. The molecule has 0 amide bonds. The van der Waals surface area contributed by atoms with E-state index < -0.39 is 0 Å². The van der Waals surface area contributed by atoms with Crippen molar-refractivity contribution < 1.29 is 0 Å². The highest BCUT2D eigenvalue weighted by Crippen LogP contribution is 2.39. The smallest absolute Gasteiger partial charge is 0.126 e. The molecule has 0 spiro atoms. The van der Waals surface area contributed by atoms with Crippen LogP contribution >= 0.6 is 0 Å². The van der Waals surface area contributed by atoms with E-state index in [-0.39, 0.29) is 0 Å². The predicted octanol–water partition coefficient (Wildman–Crippen LogP) is 3.66. The minimum atomic E-state index is 0.645. The van der Waals surface area contributed by atoms with Gasteiger partial charge in [-0.3, -0.25) is 0 Å². The van der Waals surface area contributed by atoms with Crippen molar-refractivity contribution in [2.24, 2.45) is 5.92 Å². The highest BCUT2D eigenvalue weighted by atomic mass is 14.8. The molecule has 1 saturated carbocycles. The molecule has 1 aromatic rings. The average molecular weight is 218 g/mol. The number of anilines is 1. The van der Waals surface area contributed by atoms with Crippen LogP contribution in [0.4, 0.5) is 5.82 Å². The summed E-state index contributed by atoms with van der Waals surface area (Å²) in [6.07, 6.45) is 8.48. The van der Waals surface area contributed by atoms with E-state index in [0.29, 0.717) is 5.92 Å². The first-order valence-electron chi connectivity index (χ1n) is 6.42. The van der Waals surface area contributed by atoms with Crippen LogP contribution in [-0.2, 0) is 0 Å². The molecule has 0 radical (unpaired) electrons. The Kier molecular flexibility index (Phi) is 3.47. The monoisotopic (exact) mass is 218 g/mol. The fourth-order valence-electron chi connectivity index (χ4n) is 2.87. The van der Waals surface area contributed by atoms with Crippen LogP contribution < -0.4 is 5.73 Å². The normalized spacial score (nSPS) is 25.6. The zero-order valence-electron chi connectivity index (χ0n) is 10.4. The Morgan fingerprint density at radius 2 is 2.25 bits per heavy atom. The Morgan fingerprint density at radius 1 is 1.44 bits per heavy atom. The number of hydrogen-bond acceptors (Lipinski definition) is 2. The molecule has 1 heterocycles. The molecule has 0 saturated heterocycles. The maximum Gasteiger partial charge on any atom is 0.126 e. The summed E-state index contributed by atoms with van der Waals surface area (Å²) in [4.78, 5) is 4.28. The summed E-state index contributed by atoms with van der Waals surface area (Å²) in [6, 6.07) is 2.23. The first kappa shape index (κ1) is 11.4. The van der Waals surface area contributed by atoms with Gasteiger partial charge in [-0.15, -0.1) is 0 Å². The maximum absolute atomic E-state index is 6.00. The first-order chi connectivity index (χ1) is 7.70. The molecule has 1 fully saturated rings. The third kappa shape index (κ3) is 2.37. The zero-order valence-corrected chi connectivity index (χ0v) is 10.4. The average Bonchev–Trinajstić information content (AvgIpc) is 2.32. The third-order valence-electron chi connectivity index (χ3n) is 3.89. The van der Waals surface area contributed by atoms with E-state index >= 15 is 0 Å². The van der Waals surface area contributed by atoms with Gasteiger partial charge in [0.25, 0.3) is 0 Å². The van der Waals surface area contributed by atoms with Gasteiger partial charge in [-0.25, -0.2) is 4.98 Å². The summed E-state index contributed by atoms with van der Waals surface area (Å²) < 4.78 is 0. The molecular weight excluding hydrogens is 196 g/mol. The summed E-state index contributed by atoms with van der Waals surface area (Å²) in [6.45, 7) is 4.39. The second-order valence-electron chi connectivity index (χ2n) is 5.12. The minimum absolute atomic E-state index is 0.645. The van der Waals surface area contributed by atoms with E-state index in [4.69, 9.17) is 5.73 Å². The molecule has 2 N–H and O–H groups in total. The highest BCUT2D eigenvalue weighted by molar-refractivity contribution is 5.43. The van der Waals surface area contributed by atoms with Crippen LogP contribution in [0.2, 0.25) is 0 Å². The molecule has 88 valence electrons. The maximum atomic E-state index is 6.00. The summed E-state index contributed by atoms with van der Waals surface area (Å²) in [5.74, 6) is 2.28. The van der Waals surface area contributed by atoms with Crippen LogP contribution in [0.15, 0.2) is 12.3 Å². The van der Waals surface area contributed by atoms with Gasteiger partial charge in [-0.05, 0) is 42.7 Å². The molecule has 1 aliphatic carbocycles. The molecule has 16 heavy (non-hydrogen) atoms. The van der Waals surface area contributed by atoms with Gasteiger partial charge in [0.2, 0.25) is 0 Å². The number of rotatable bonds is 2. The van der Waals surface area contributed by atoms with Crippen LogP contribution in [0.5, 0.6) is 0 Å². The van der Waals surface area contributed by atoms with Crippen molar-refractivity contribution in [2.45, 2.75) is 51.9 Å². The molecule has 2 atom stereocenters. The van der Waals surface area contributed by atoms with E-state index in [1.54, 1.807) is 0 Å². The number of pyridine rings is 1. The summed E-state index contributed by atoms with van der Waals surface area (Å²) in [5, 5.41) is 0. The summed E-state index contributed by atoms with van der Waals surface area (Å²) in [7, 11) is 0. The zero-order chi connectivity index (χ0) is 11.5. The Balaban J connectivity index is 2.19. The van der Waals surface area contributed by atoms with Gasteiger partial charge in [0.15, 0.2) is 0 Å². The van der Waals surface area contributed by atoms with Crippen LogP contribution in [0, 0.1) is 12.8 Å². The molecule has 2 unspecified atom stereocenters. The number of nitrogens with zero attached hydrogens (tertiary/aromatic N) is 1. The molecule has 0 bridgehead atoms. The van der Waals surface area contributed by atoms with Crippen molar-refractivity contribution >= 4 is 5.82 Å². The van der Waals surface area contributed by atoms with Gasteiger partial charge in [0, 0.05) is 6.20 Å². The van der Waals surface area contributed by atoms with Gasteiger partial charge in [0.05, 0.1) is 0 Å². The predicted molar refractivity (Wildman–Crippen MR) is 68.4 cm³/mol. The molecule has 1 aliphatic rings. The molecule has 2 nitrogen and oxygen atoms in total. The topological polar surface area (TPSA) is 38.9 Å². The Morgan fingerprint density at radius 3 is 3.00 bits per heavy atom. The van der Waals surface area contributed by atoms with Gasteiger partial charge >= 0.3 is 0 Å². The Bertz CT molecular complexity index is 360. The molecular formula is C14H22N2. The number of aryl methyl sites for hydroxylation is 1.